The highest BCUT2D eigenvalue weighted by molar-refractivity contribution is 5.75. The highest BCUT2D eigenvalue weighted by atomic mass is 14.2. The summed E-state index contributed by atoms with van der Waals surface area (Å²) in [6, 6.07) is 8.77. The van der Waals surface area contributed by atoms with Crippen molar-refractivity contribution < 1.29 is 0 Å². The molecule has 1 nitrogen and oxygen atoms in total. The largest absolute Gasteiger partial charge is 0.317 e. The van der Waals surface area contributed by atoms with Crippen LogP contribution in [0.2, 0.25) is 0 Å². The smallest absolute Gasteiger partial charge is 0.0185 e. The molecule has 0 radical (unpaired) electrons. The van der Waals surface area contributed by atoms with E-state index >= 15 is 0 Å². The van der Waals surface area contributed by atoms with E-state index in [1.165, 1.54) is 53.5 Å². The Morgan fingerprint density at radius 2 is 1.62 bits per heavy atom. The van der Waals surface area contributed by atoms with Crippen molar-refractivity contribution in [3.8, 4) is 0 Å². The van der Waals surface area contributed by atoms with E-state index in [1.807, 2.05) is 19.9 Å². The van der Waals surface area contributed by atoms with Crippen LogP contribution in [-0.4, -0.2) is 6.72 Å². The second-order valence-corrected chi connectivity index (χ2v) is 8.44. The van der Waals surface area contributed by atoms with Gasteiger partial charge < -0.3 is 5.41 Å². The fraction of sp³-hybridized carbons (Fsp3) is 0.516. The van der Waals surface area contributed by atoms with Crippen molar-refractivity contribution >= 4 is 12.3 Å². The van der Waals surface area contributed by atoms with E-state index < -0.39 is 0 Å². The third kappa shape index (κ3) is 19.8. The first kappa shape index (κ1) is 34.5. The molecule has 182 valence electrons. The highest BCUT2D eigenvalue weighted by Crippen LogP contribution is 2.22. The summed E-state index contributed by atoms with van der Waals surface area (Å²) < 4.78 is 0. The van der Waals surface area contributed by atoms with Crippen molar-refractivity contribution in [2.24, 2.45) is 11.8 Å². The number of hydrogen-bond donors (Lipinski definition) is 1. The topological polar surface area (TPSA) is 23.9 Å². The summed E-state index contributed by atoms with van der Waals surface area (Å²) in [5.74, 6) is 1.39. The van der Waals surface area contributed by atoms with E-state index in [9.17, 15) is 0 Å². The summed E-state index contributed by atoms with van der Waals surface area (Å²) in [4.78, 5) is 0. The lowest BCUT2D eigenvalue weighted by Gasteiger charge is -2.08. The highest BCUT2D eigenvalue weighted by Gasteiger charge is 2.01. The molecule has 0 fully saturated rings. The molecule has 0 spiro atoms. The van der Waals surface area contributed by atoms with E-state index in [2.05, 4.69) is 111 Å². The van der Waals surface area contributed by atoms with Gasteiger partial charge in [0.15, 0.2) is 0 Å². The van der Waals surface area contributed by atoms with Crippen LogP contribution in [0.4, 0.5) is 0 Å². The SMILES string of the molecule is C=C/C=C(/C)CC(C)CC.C=N.CC.CCC/C(C)=C/C(=C\C(C)C)c1cccc(C)c1. The van der Waals surface area contributed by atoms with Crippen molar-refractivity contribution in [3.63, 3.8) is 0 Å². The monoisotopic (exact) mass is 439 g/mol. The Balaban J connectivity index is -0.000000511. The lowest BCUT2D eigenvalue weighted by molar-refractivity contribution is 0.557. The molecular formula is C31H53N. The quantitative estimate of drug-likeness (QED) is 0.292. The number of nitrogens with one attached hydrogen (secondary N) is 1. The number of allylic oxidation sites excluding steroid dienone is 7. The maximum absolute atomic E-state index is 5.50. The molecule has 1 aromatic carbocycles. The van der Waals surface area contributed by atoms with Gasteiger partial charge in [-0.3, -0.25) is 0 Å². The van der Waals surface area contributed by atoms with Crippen molar-refractivity contribution in [1.82, 2.24) is 0 Å². The first-order valence-corrected chi connectivity index (χ1v) is 12.3. The van der Waals surface area contributed by atoms with Gasteiger partial charge in [0.25, 0.3) is 0 Å². The second-order valence-electron chi connectivity index (χ2n) is 8.44. The van der Waals surface area contributed by atoms with E-state index in [-0.39, 0.29) is 0 Å². The average molecular weight is 440 g/mol. The molecular weight excluding hydrogens is 386 g/mol. The molecule has 0 heterocycles. The van der Waals surface area contributed by atoms with Crippen molar-refractivity contribution in [2.75, 3.05) is 0 Å². The van der Waals surface area contributed by atoms with Crippen LogP contribution in [0.25, 0.3) is 5.57 Å². The molecule has 0 aliphatic heterocycles. The van der Waals surface area contributed by atoms with Crippen LogP contribution in [0.15, 0.2) is 66.3 Å². The van der Waals surface area contributed by atoms with E-state index in [0.717, 1.165) is 5.92 Å². The van der Waals surface area contributed by atoms with Gasteiger partial charge in [-0.2, -0.15) is 0 Å². The van der Waals surface area contributed by atoms with E-state index in [1.54, 1.807) is 0 Å². The van der Waals surface area contributed by atoms with Gasteiger partial charge >= 0.3 is 0 Å². The van der Waals surface area contributed by atoms with Crippen LogP contribution >= 0.6 is 0 Å². The van der Waals surface area contributed by atoms with Gasteiger partial charge in [0.05, 0.1) is 0 Å². The Bertz CT molecular complexity index is 673. The molecule has 1 rings (SSSR count). The zero-order valence-electron chi connectivity index (χ0n) is 23.0. The summed E-state index contributed by atoms with van der Waals surface area (Å²) in [6.07, 6.45) is 13.5. The Morgan fingerprint density at radius 1 is 1.03 bits per heavy atom. The summed E-state index contributed by atoms with van der Waals surface area (Å²) in [6.45, 7) is 27.9. The predicted octanol–water partition coefficient (Wildman–Crippen LogP) is 10.6. The van der Waals surface area contributed by atoms with Crippen LogP contribution in [0, 0.1) is 24.2 Å². The first-order valence-electron chi connectivity index (χ1n) is 12.3. The number of benzene rings is 1. The Hall–Kier alpha value is -2.15. The minimum absolute atomic E-state index is 0.575. The minimum Gasteiger partial charge on any atom is -0.317 e. The third-order valence-corrected chi connectivity index (χ3v) is 4.68. The number of hydrogen-bond acceptors (Lipinski definition) is 1. The molecule has 0 aliphatic carbocycles. The normalized spacial score (nSPS) is 12.4. The molecule has 0 saturated carbocycles. The third-order valence-electron chi connectivity index (χ3n) is 4.68. The lowest BCUT2D eigenvalue weighted by atomic mass is 9.97. The van der Waals surface area contributed by atoms with E-state index in [0.29, 0.717) is 5.92 Å². The van der Waals surface area contributed by atoms with Gasteiger partial charge in [0.1, 0.15) is 0 Å². The average Bonchev–Trinajstić information content (AvgIpc) is 2.76. The first-order chi connectivity index (χ1) is 15.2. The molecule has 1 unspecified atom stereocenters. The zero-order chi connectivity index (χ0) is 25.5. The molecule has 0 bridgehead atoms. The maximum atomic E-state index is 5.50. The lowest BCUT2D eigenvalue weighted by Crippen LogP contribution is -1.91. The fourth-order valence-electron chi connectivity index (χ4n) is 3.11. The summed E-state index contributed by atoms with van der Waals surface area (Å²) in [5.41, 5.74) is 6.91. The summed E-state index contributed by atoms with van der Waals surface area (Å²) in [7, 11) is 0. The van der Waals surface area contributed by atoms with Crippen molar-refractivity contribution in [3.05, 3.63) is 77.4 Å². The van der Waals surface area contributed by atoms with Crippen molar-refractivity contribution in [2.45, 2.75) is 94.9 Å². The standard InChI is InChI=1S/C18H26.C10H18.C2H6.CH3N/c1-6-8-15(4)13-18(11-14(2)3)17-10-7-9-16(5)12-17;1-5-7-10(4)8-9(3)6-2;2*1-2/h7,9-14H,6,8H2,1-5H3;5,7,9H,1,6,8H2,2-4H3;1-2H3;2H,1H2/b15-13+,18-11+;10-7-;;. The number of rotatable bonds is 9. The molecule has 1 aromatic rings. The van der Waals surface area contributed by atoms with Gasteiger partial charge in [-0.15, -0.1) is 0 Å². The van der Waals surface area contributed by atoms with Gasteiger partial charge in [0.2, 0.25) is 0 Å². The molecule has 0 amide bonds. The Morgan fingerprint density at radius 3 is 2.06 bits per heavy atom. The molecule has 0 saturated heterocycles. The molecule has 1 atom stereocenters. The zero-order valence-corrected chi connectivity index (χ0v) is 23.0. The Kier molecular flexibility index (Phi) is 25.3. The Labute approximate surface area is 201 Å². The molecule has 1 N–H and O–H groups in total. The number of aryl methyl sites for hydroxylation is 1. The molecule has 32 heavy (non-hydrogen) atoms. The summed E-state index contributed by atoms with van der Waals surface area (Å²) >= 11 is 0. The van der Waals surface area contributed by atoms with Crippen LogP contribution in [-0.2, 0) is 0 Å². The van der Waals surface area contributed by atoms with Gasteiger partial charge in [-0.05, 0) is 63.3 Å². The molecule has 0 aliphatic rings. The second kappa shape index (κ2) is 23.5. The van der Waals surface area contributed by atoms with Gasteiger partial charge in [-0.1, -0.05) is 133 Å². The van der Waals surface area contributed by atoms with Crippen LogP contribution in [0.3, 0.4) is 0 Å². The van der Waals surface area contributed by atoms with Crippen LogP contribution in [0.1, 0.15) is 99.1 Å². The maximum Gasteiger partial charge on any atom is -0.0185 e. The fourth-order valence-corrected chi connectivity index (χ4v) is 3.11. The van der Waals surface area contributed by atoms with Crippen LogP contribution in [0.5, 0.6) is 0 Å². The van der Waals surface area contributed by atoms with Gasteiger partial charge in [-0.25, -0.2) is 0 Å². The van der Waals surface area contributed by atoms with Gasteiger partial charge in [0, 0.05) is 0 Å². The molecule has 0 aromatic heterocycles. The summed E-state index contributed by atoms with van der Waals surface area (Å²) in [5, 5.41) is 5.50. The van der Waals surface area contributed by atoms with Crippen LogP contribution < -0.4 is 0 Å². The predicted molar refractivity (Wildman–Crippen MR) is 152 cm³/mol. The minimum atomic E-state index is 0.575. The van der Waals surface area contributed by atoms with E-state index in [4.69, 9.17) is 5.41 Å². The van der Waals surface area contributed by atoms with Crippen molar-refractivity contribution in [1.29, 1.82) is 5.41 Å². The molecule has 1 heteroatoms.